The standard InChI is InChI=1S/C16H20F3NO/c1-10(2)20-13(9-15(3,4)21)7-11-5-6-12(8-14(11)20)16(17,18)19/h5-8,10,21H,9H2,1-4H3. The third-order valence-electron chi connectivity index (χ3n) is 3.38. The Bertz CT molecular complexity index is 648. The van der Waals surface area contributed by atoms with Gasteiger partial charge in [-0.2, -0.15) is 13.2 Å². The van der Waals surface area contributed by atoms with Gasteiger partial charge in [0.15, 0.2) is 0 Å². The molecular formula is C16H20F3NO. The van der Waals surface area contributed by atoms with E-state index in [9.17, 15) is 18.3 Å². The summed E-state index contributed by atoms with van der Waals surface area (Å²) in [4.78, 5) is 0. The molecular weight excluding hydrogens is 279 g/mol. The number of rotatable bonds is 3. The second-order valence-corrected chi connectivity index (χ2v) is 6.36. The van der Waals surface area contributed by atoms with E-state index in [0.717, 1.165) is 17.1 Å². The van der Waals surface area contributed by atoms with Gasteiger partial charge in [-0.25, -0.2) is 0 Å². The lowest BCUT2D eigenvalue weighted by atomic mass is 10.0. The molecule has 1 N–H and O–H groups in total. The first kappa shape index (κ1) is 15.9. The summed E-state index contributed by atoms with van der Waals surface area (Å²) < 4.78 is 40.5. The zero-order valence-electron chi connectivity index (χ0n) is 12.6. The number of halogens is 3. The second kappa shape index (κ2) is 5.05. The number of aliphatic hydroxyl groups is 1. The van der Waals surface area contributed by atoms with Crippen LogP contribution in [0.2, 0.25) is 0 Å². The first-order chi connectivity index (χ1) is 9.49. The van der Waals surface area contributed by atoms with E-state index in [0.29, 0.717) is 11.9 Å². The predicted octanol–water partition coefficient (Wildman–Crippen LogP) is 4.55. The highest BCUT2D eigenvalue weighted by Gasteiger charge is 2.31. The smallest absolute Gasteiger partial charge is 0.390 e. The maximum Gasteiger partial charge on any atom is 0.416 e. The van der Waals surface area contributed by atoms with Crippen LogP contribution in [0.3, 0.4) is 0 Å². The van der Waals surface area contributed by atoms with Crippen LogP contribution in [0.15, 0.2) is 24.3 Å². The molecule has 0 amide bonds. The molecule has 2 rings (SSSR count). The van der Waals surface area contributed by atoms with E-state index in [4.69, 9.17) is 0 Å². The molecule has 0 bridgehead atoms. The number of alkyl halides is 3. The first-order valence-corrected chi connectivity index (χ1v) is 6.92. The van der Waals surface area contributed by atoms with Crippen LogP contribution in [0.5, 0.6) is 0 Å². The summed E-state index contributed by atoms with van der Waals surface area (Å²) in [5.74, 6) is 0. The van der Waals surface area contributed by atoms with Crippen molar-refractivity contribution in [3.8, 4) is 0 Å². The average molecular weight is 299 g/mol. The molecule has 116 valence electrons. The van der Waals surface area contributed by atoms with Gasteiger partial charge >= 0.3 is 6.18 Å². The van der Waals surface area contributed by atoms with Crippen LogP contribution in [0, 0.1) is 0 Å². The van der Waals surface area contributed by atoms with Gasteiger partial charge in [0.25, 0.3) is 0 Å². The quantitative estimate of drug-likeness (QED) is 0.883. The summed E-state index contributed by atoms with van der Waals surface area (Å²) in [5.41, 5.74) is -0.163. The van der Waals surface area contributed by atoms with Crippen LogP contribution in [0.1, 0.15) is 45.0 Å². The lowest BCUT2D eigenvalue weighted by Crippen LogP contribution is -2.24. The molecule has 2 aromatic rings. The highest BCUT2D eigenvalue weighted by molar-refractivity contribution is 5.82. The van der Waals surface area contributed by atoms with Gasteiger partial charge in [0, 0.05) is 23.7 Å². The fraction of sp³-hybridized carbons (Fsp3) is 0.500. The van der Waals surface area contributed by atoms with E-state index in [-0.39, 0.29) is 6.04 Å². The molecule has 0 fully saturated rings. The Morgan fingerprint density at radius 1 is 1.14 bits per heavy atom. The minimum atomic E-state index is -4.35. The van der Waals surface area contributed by atoms with Gasteiger partial charge in [-0.1, -0.05) is 6.07 Å². The van der Waals surface area contributed by atoms with E-state index in [2.05, 4.69) is 0 Å². The van der Waals surface area contributed by atoms with Crippen LogP contribution in [0.4, 0.5) is 13.2 Å². The van der Waals surface area contributed by atoms with Crippen LogP contribution in [-0.4, -0.2) is 15.3 Å². The number of nitrogens with zero attached hydrogens (tertiary/aromatic N) is 1. The molecule has 0 unspecified atom stereocenters. The van der Waals surface area contributed by atoms with Gasteiger partial charge in [-0.15, -0.1) is 0 Å². The van der Waals surface area contributed by atoms with Crippen molar-refractivity contribution in [3.05, 3.63) is 35.5 Å². The van der Waals surface area contributed by atoms with Crippen molar-refractivity contribution in [1.82, 2.24) is 4.57 Å². The average Bonchev–Trinajstić information content (AvgIpc) is 2.61. The highest BCUT2D eigenvalue weighted by Crippen LogP contribution is 2.34. The Morgan fingerprint density at radius 2 is 1.76 bits per heavy atom. The molecule has 0 aliphatic rings. The van der Waals surface area contributed by atoms with Crippen LogP contribution < -0.4 is 0 Å². The van der Waals surface area contributed by atoms with Gasteiger partial charge in [0.1, 0.15) is 0 Å². The fourth-order valence-electron chi connectivity index (χ4n) is 2.64. The molecule has 2 nitrogen and oxygen atoms in total. The summed E-state index contributed by atoms with van der Waals surface area (Å²) in [7, 11) is 0. The van der Waals surface area contributed by atoms with E-state index >= 15 is 0 Å². The number of fused-ring (bicyclic) bond motifs is 1. The van der Waals surface area contributed by atoms with Crippen LogP contribution >= 0.6 is 0 Å². The van der Waals surface area contributed by atoms with Crippen LogP contribution in [0.25, 0.3) is 10.9 Å². The molecule has 1 aromatic heterocycles. The van der Waals surface area contributed by atoms with Crippen molar-refractivity contribution in [3.63, 3.8) is 0 Å². The number of hydrogen-bond acceptors (Lipinski definition) is 1. The summed E-state index contributed by atoms with van der Waals surface area (Å²) in [6.07, 6.45) is -3.96. The SMILES string of the molecule is CC(C)n1c(CC(C)(C)O)cc2ccc(C(F)(F)F)cc21. The Kier molecular flexibility index (Phi) is 3.82. The highest BCUT2D eigenvalue weighted by atomic mass is 19.4. The lowest BCUT2D eigenvalue weighted by Gasteiger charge is -2.21. The lowest BCUT2D eigenvalue weighted by molar-refractivity contribution is -0.137. The number of aromatic nitrogens is 1. The first-order valence-electron chi connectivity index (χ1n) is 6.92. The minimum Gasteiger partial charge on any atom is -0.390 e. The topological polar surface area (TPSA) is 25.2 Å². The van der Waals surface area contributed by atoms with E-state index in [1.165, 1.54) is 12.1 Å². The summed E-state index contributed by atoms with van der Waals surface area (Å²) in [6.45, 7) is 7.23. The van der Waals surface area contributed by atoms with Crippen molar-refractivity contribution in [2.24, 2.45) is 0 Å². The largest absolute Gasteiger partial charge is 0.416 e. The van der Waals surface area contributed by atoms with Crippen molar-refractivity contribution >= 4 is 10.9 Å². The summed E-state index contributed by atoms with van der Waals surface area (Å²) in [6, 6.07) is 5.64. The monoisotopic (exact) mass is 299 g/mol. The normalized spacial score (nSPS) is 13.4. The summed E-state index contributed by atoms with van der Waals surface area (Å²) >= 11 is 0. The molecule has 0 spiro atoms. The van der Waals surface area contributed by atoms with Gasteiger partial charge in [0.05, 0.1) is 11.2 Å². The Balaban J connectivity index is 2.64. The fourth-order valence-corrected chi connectivity index (χ4v) is 2.64. The molecule has 0 radical (unpaired) electrons. The van der Waals surface area contributed by atoms with Crippen molar-refractivity contribution in [2.75, 3.05) is 0 Å². The van der Waals surface area contributed by atoms with Gasteiger partial charge in [0.2, 0.25) is 0 Å². The maximum absolute atomic E-state index is 12.9. The molecule has 1 aromatic carbocycles. The Hall–Kier alpha value is -1.49. The van der Waals surface area contributed by atoms with Gasteiger partial charge in [-0.3, -0.25) is 0 Å². The number of benzene rings is 1. The summed E-state index contributed by atoms with van der Waals surface area (Å²) in [5, 5.41) is 10.8. The second-order valence-electron chi connectivity index (χ2n) is 6.36. The molecule has 0 aliphatic heterocycles. The molecule has 5 heteroatoms. The predicted molar refractivity (Wildman–Crippen MR) is 77.3 cm³/mol. The third-order valence-corrected chi connectivity index (χ3v) is 3.38. The van der Waals surface area contributed by atoms with Crippen molar-refractivity contribution in [2.45, 2.75) is 51.9 Å². The van der Waals surface area contributed by atoms with E-state index in [1.807, 2.05) is 24.5 Å². The number of hydrogen-bond donors (Lipinski definition) is 1. The van der Waals surface area contributed by atoms with Gasteiger partial charge in [-0.05, 0) is 51.3 Å². The Labute approximate surface area is 122 Å². The van der Waals surface area contributed by atoms with E-state index in [1.54, 1.807) is 13.8 Å². The molecule has 0 saturated heterocycles. The van der Waals surface area contributed by atoms with Crippen molar-refractivity contribution < 1.29 is 18.3 Å². The zero-order chi connectivity index (χ0) is 16.0. The minimum absolute atomic E-state index is 0.0170. The third kappa shape index (κ3) is 3.40. The maximum atomic E-state index is 12.9. The Morgan fingerprint density at radius 3 is 2.24 bits per heavy atom. The molecule has 21 heavy (non-hydrogen) atoms. The van der Waals surface area contributed by atoms with Crippen LogP contribution in [-0.2, 0) is 12.6 Å². The molecule has 0 atom stereocenters. The molecule has 0 aliphatic carbocycles. The van der Waals surface area contributed by atoms with Crippen molar-refractivity contribution in [1.29, 1.82) is 0 Å². The van der Waals surface area contributed by atoms with Gasteiger partial charge < -0.3 is 9.67 Å². The van der Waals surface area contributed by atoms with E-state index < -0.39 is 17.3 Å². The molecule has 0 saturated carbocycles. The molecule has 1 heterocycles. The zero-order valence-corrected chi connectivity index (χ0v) is 12.6.